The second-order valence-electron chi connectivity index (χ2n) is 4.02. The largest absolute Gasteiger partial charge is 0.480 e. The fourth-order valence-electron chi connectivity index (χ4n) is 1.53. The highest BCUT2D eigenvalue weighted by Gasteiger charge is 2.08. The minimum absolute atomic E-state index is 0.272. The lowest BCUT2D eigenvalue weighted by molar-refractivity contribution is -0.137. The number of carbonyl (C=O) groups excluding carboxylic acids is 1. The lowest BCUT2D eigenvalue weighted by Crippen LogP contribution is -2.19. The van der Waals surface area contributed by atoms with Gasteiger partial charge in [-0.15, -0.1) is 0 Å². The number of nitrogens with one attached hydrogen (secondary N) is 2. The topological polar surface area (TPSA) is 96.2 Å². The standard InChI is InChI=1S/C12H10ClIN4O3/c13-9-3-7(14)1-2-10(9)17-12(21)16-8-4-15-18(5-8)6-11(19)20/h1-5H,6H2,(H,19,20)(H2,16,17,21). The van der Waals surface area contributed by atoms with Gasteiger partial charge in [0, 0.05) is 9.77 Å². The summed E-state index contributed by atoms with van der Waals surface area (Å²) in [6, 6.07) is 4.74. The molecule has 0 saturated carbocycles. The fraction of sp³-hybridized carbons (Fsp3) is 0.0833. The van der Waals surface area contributed by atoms with E-state index < -0.39 is 12.0 Å². The molecule has 2 rings (SSSR count). The van der Waals surface area contributed by atoms with Crippen molar-refractivity contribution in [2.75, 3.05) is 10.6 Å². The van der Waals surface area contributed by atoms with E-state index in [0.29, 0.717) is 16.4 Å². The first-order valence-electron chi connectivity index (χ1n) is 5.71. The van der Waals surface area contributed by atoms with E-state index in [0.717, 1.165) is 3.57 Å². The number of amides is 2. The normalized spacial score (nSPS) is 10.2. The lowest BCUT2D eigenvalue weighted by atomic mass is 10.3. The van der Waals surface area contributed by atoms with E-state index in [2.05, 4.69) is 38.3 Å². The number of urea groups is 1. The quantitative estimate of drug-likeness (QED) is 0.663. The molecule has 1 aromatic heterocycles. The zero-order valence-electron chi connectivity index (χ0n) is 10.5. The number of rotatable bonds is 4. The van der Waals surface area contributed by atoms with E-state index in [4.69, 9.17) is 16.7 Å². The number of hydrogen-bond donors (Lipinski definition) is 3. The summed E-state index contributed by atoms with van der Waals surface area (Å²) in [5, 5.41) is 18.0. The van der Waals surface area contributed by atoms with Gasteiger partial charge in [0.1, 0.15) is 6.54 Å². The molecule has 21 heavy (non-hydrogen) atoms. The van der Waals surface area contributed by atoms with Gasteiger partial charge in [-0.2, -0.15) is 5.10 Å². The summed E-state index contributed by atoms with van der Waals surface area (Å²) < 4.78 is 2.16. The van der Waals surface area contributed by atoms with Gasteiger partial charge in [0.05, 0.1) is 22.6 Å². The number of aliphatic carboxylic acids is 1. The number of benzene rings is 1. The van der Waals surface area contributed by atoms with Gasteiger partial charge < -0.3 is 15.7 Å². The minimum Gasteiger partial charge on any atom is -0.480 e. The molecular weight excluding hydrogens is 411 g/mol. The summed E-state index contributed by atoms with van der Waals surface area (Å²) in [6.45, 7) is -0.272. The Morgan fingerprint density at radius 2 is 2.14 bits per heavy atom. The van der Waals surface area contributed by atoms with E-state index >= 15 is 0 Å². The van der Waals surface area contributed by atoms with Crippen LogP contribution in [0, 0.1) is 3.57 Å². The fourth-order valence-corrected chi connectivity index (χ4v) is 2.43. The molecule has 9 heteroatoms. The highest BCUT2D eigenvalue weighted by atomic mass is 127. The predicted molar refractivity (Wildman–Crippen MR) is 86.7 cm³/mol. The molecule has 110 valence electrons. The molecule has 0 aliphatic heterocycles. The van der Waals surface area contributed by atoms with Crippen LogP contribution in [0.25, 0.3) is 0 Å². The molecule has 2 aromatic rings. The average Bonchev–Trinajstić information content (AvgIpc) is 2.79. The molecule has 0 bridgehead atoms. The zero-order valence-corrected chi connectivity index (χ0v) is 13.4. The van der Waals surface area contributed by atoms with E-state index in [-0.39, 0.29) is 6.54 Å². The predicted octanol–water partition coefficient (Wildman–Crippen LogP) is 2.87. The van der Waals surface area contributed by atoms with Crippen LogP contribution in [-0.4, -0.2) is 26.9 Å². The lowest BCUT2D eigenvalue weighted by Gasteiger charge is -2.07. The molecule has 0 atom stereocenters. The molecule has 7 nitrogen and oxygen atoms in total. The van der Waals surface area contributed by atoms with Crippen LogP contribution in [0.1, 0.15) is 0 Å². The molecule has 0 aliphatic rings. The van der Waals surface area contributed by atoms with Crippen molar-refractivity contribution in [2.24, 2.45) is 0 Å². The molecule has 0 spiro atoms. The second kappa shape index (κ2) is 6.76. The number of halogens is 2. The highest BCUT2D eigenvalue weighted by Crippen LogP contribution is 2.23. The van der Waals surface area contributed by atoms with Crippen LogP contribution in [0.3, 0.4) is 0 Å². The Labute approximate surface area is 138 Å². The van der Waals surface area contributed by atoms with Gasteiger partial charge in [0.25, 0.3) is 0 Å². The van der Waals surface area contributed by atoms with Gasteiger partial charge in [0.15, 0.2) is 0 Å². The van der Waals surface area contributed by atoms with Crippen LogP contribution in [0.5, 0.6) is 0 Å². The van der Waals surface area contributed by atoms with Crippen molar-refractivity contribution in [2.45, 2.75) is 6.54 Å². The maximum atomic E-state index is 11.8. The van der Waals surface area contributed by atoms with Gasteiger partial charge in [-0.1, -0.05) is 11.6 Å². The summed E-state index contributed by atoms with van der Waals surface area (Å²) in [4.78, 5) is 22.3. The molecular formula is C12H10ClIN4O3. The van der Waals surface area contributed by atoms with Crippen molar-refractivity contribution >= 4 is 57.6 Å². The molecule has 0 aliphatic carbocycles. The van der Waals surface area contributed by atoms with Crippen molar-refractivity contribution in [3.8, 4) is 0 Å². The Balaban J connectivity index is 1.98. The third kappa shape index (κ3) is 4.60. The van der Waals surface area contributed by atoms with Crippen LogP contribution < -0.4 is 10.6 Å². The number of carbonyl (C=O) groups is 2. The van der Waals surface area contributed by atoms with Crippen LogP contribution in [0.2, 0.25) is 5.02 Å². The molecule has 3 N–H and O–H groups in total. The Morgan fingerprint density at radius 3 is 2.81 bits per heavy atom. The van der Waals surface area contributed by atoms with Gasteiger partial charge in [-0.05, 0) is 40.8 Å². The average molecular weight is 421 g/mol. The van der Waals surface area contributed by atoms with Crippen molar-refractivity contribution in [3.63, 3.8) is 0 Å². The Hall–Kier alpha value is -1.81. The van der Waals surface area contributed by atoms with E-state index in [1.54, 1.807) is 12.1 Å². The van der Waals surface area contributed by atoms with Gasteiger partial charge in [-0.25, -0.2) is 4.79 Å². The van der Waals surface area contributed by atoms with Crippen molar-refractivity contribution in [3.05, 3.63) is 39.2 Å². The van der Waals surface area contributed by atoms with Gasteiger partial charge in [0.2, 0.25) is 0 Å². The summed E-state index contributed by atoms with van der Waals surface area (Å²) >= 11 is 8.12. The maximum absolute atomic E-state index is 11.8. The number of carboxylic acid groups (broad SMARTS) is 1. The molecule has 1 heterocycles. The zero-order chi connectivity index (χ0) is 15.4. The first-order valence-corrected chi connectivity index (χ1v) is 7.17. The molecule has 2 amide bonds. The molecule has 0 unspecified atom stereocenters. The minimum atomic E-state index is -1.01. The molecule has 0 radical (unpaired) electrons. The summed E-state index contributed by atoms with van der Waals surface area (Å²) in [6.07, 6.45) is 2.78. The SMILES string of the molecule is O=C(O)Cn1cc(NC(=O)Nc2ccc(I)cc2Cl)cn1. The van der Waals surface area contributed by atoms with E-state index in [1.165, 1.54) is 17.1 Å². The van der Waals surface area contributed by atoms with Gasteiger partial charge >= 0.3 is 12.0 Å². The monoisotopic (exact) mass is 420 g/mol. The number of aromatic nitrogens is 2. The molecule has 0 fully saturated rings. The smallest absolute Gasteiger partial charge is 0.325 e. The first-order chi connectivity index (χ1) is 9.94. The highest BCUT2D eigenvalue weighted by molar-refractivity contribution is 14.1. The maximum Gasteiger partial charge on any atom is 0.325 e. The third-order valence-electron chi connectivity index (χ3n) is 2.37. The van der Waals surface area contributed by atoms with Crippen LogP contribution >= 0.6 is 34.2 Å². The van der Waals surface area contributed by atoms with E-state index in [1.807, 2.05) is 6.07 Å². The number of carboxylic acids is 1. The summed E-state index contributed by atoms with van der Waals surface area (Å²) in [5.74, 6) is -1.01. The van der Waals surface area contributed by atoms with Crippen LogP contribution in [0.15, 0.2) is 30.6 Å². The van der Waals surface area contributed by atoms with Crippen molar-refractivity contribution < 1.29 is 14.7 Å². The van der Waals surface area contributed by atoms with Crippen LogP contribution in [-0.2, 0) is 11.3 Å². The summed E-state index contributed by atoms with van der Waals surface area (Å²) in [5.41, 5.74) is 0.864. The Kier molecular flexibility index (Phi) is 5.02. The van der Waals surface area contributed by atoms with Gasteiger partial charge in [-0.3, -0.25) is 9.48 Å². The Morgan fingerprint density at radius 1 is 1.38 bits per heavy atom. The third-order valence-corrected chi connectivity index (χ3v) is 3.35. The Bertz CT molecular complexity index is 689. The van der Waals surface area contributed by atoms with Crippen LogP contribution in [0.4, 0.5) is 16.2 Å². The van der Waals surface area contributed by atoms with E-state index in [9.17, 15) is 9.59 Å². The number of hydrogen-bond acceptors (Lipinski definition) is 3. The molecule has 0 saturated heterocycles. The second-order valence-corrected chi connectivity index (χ2v) is 5.68. The van der Waals surface area contributed by atoms with Crippen molar-refractivity contribution in [1.29, 1.82) is 0 Å². The van der Waals surface area contributed by atoms with Crippen molar-refractivity contribution in [1.82, 2.24) is 9.78 Å². The molecule has 1 aromatic carbocycles. The number of anilines is 2. The first kappa shape index (κ1) is 15.6. The number of nitrogens with zero attached hydrogens (tertiary/aromatic N) is 2. The summed E-state index contributed by atoms with van der Waals surface area (Å²) in [7, 11) is 0.